The number of hydrogen-bond donors (Lipinski definition) is 1. The summed E-state index contributed by atoms with van der Waals surface area (Å²) in [6, 6.07) is 5.64. The van der Waals surface area contributed by atoms with Crippen molar-refractivity contribution in [3.05, 3.63) is 33.9 Å². The van der Waals surface area contributed by atoms with E-state index in [1.165, 1.54) is 0 Å². The molecule has 0 aromatic heterocycles. The number of aryl methyl sites for hydroxylation is 1. The smallest absolute Gasteiger partial charge is 0.295 e. The van der Waals surface area contributed by atoms with E-state index in [0.717, 1.165) is 31.6 Å². The second kappa shape index (κ2) is 5.57. The van der Waals surface area contributed by atoms with Gasteiger partial charge in [0.15, 0.2) is 0 Å². The fraction of sp³-hybridized carbons (Fsp3) is 0.571. The van der Waals surface area contributed by atoms with Crippen LogP contribution in [-0.4, -0.2) is 24.1 Å². The number of nitro groups is 1. The zero-order chi connectivity index (χ0) is 14.0. The lowest BCUT2D eigenvalue weighted by atomic mass is 9.91. The molecule has 1 aromatic carbocycles. The van der Waals surface area contributed by atoms with Gasteiger partial charge in [-0.3, -0.25) is 10.1 Å². The van der Waals surface area contributed by atoms with Gasteiger partial charge in [-0.05, 0) is 38.7 Å². The molecule has 0 amide bonds. The lowest BCUT2D eigenvalue weighted by Crippen LogP contribution is -2.42. The van der Waals surface area contributed by atoms with E-state index in [0.29, 0.717) is 11.5 Å². The van der Waals surface area contributed by atoms with Gasteiger partial charge < -0.3 is 10.6 Å². The third-order valence-electron chi connectivity index (χ3n) is 3.94. The van der Waals surface area contributed by atoms with Crippen LogP contribution in [-0.2, 0) is 0 Å². The van der Waals surface area contributed by atoms with Gasteiger partial charge in [0.25, 0.3) is 5.69 Å². The van der Waals surface area contributed by atoms with Crippen LogP contribution in [0.5, 0.6) is 0 Å². The molecule has 1 heterocycles. The summed E-state index contributed by atoms with van der Waals surface area (Å²) in [6.45, 7) is 5.48. The second-order valence-electron chi connectivity index (χ2n) is 5.41. The largest absolute Gasteiger partial charge is 0.366 e. The highest BCUT2D eigenvalue weighted by Gasteiger charge is 2.27. The van der Waals surface area contributed by atoms with Gasteiger partial charge in [-0.25, -0.2) is 0 Å². The molecule has 1 aromatic rings. The molecule has 1 fully saturated rings. The number of nitrogens with zero attached hydrogens (tertiary/aromatic N) is 2. The van der Waals surface area contributed by atoms with Gasteiger partial charge in [-0.2, -0.15) is 0 Å². The van der Waals surface area contributed by atoms with Gasteiger partial charge in [0.2, 0.25) is 0 Å². The zero-order valence-corrected chi connectivity index (χ0v) is 11.5. The molecule has 2 atom stereocenters. The van der Waals surface area contributed by atoms with E-state index >= 15 is 0 Å². The third-order valence-corrected chi connectivity index (χ3v) is 3.94. The first-order valence-corrected chi connectivity index (χ1v) is 6.75. The Bertz CT molecular complexity index is 474. The summed E-state index contributed by atoms with van der Waals surface area (Å²) >= 11 is 0. The highest BCUT2D eigenvalue weighted by Crippen LogP contribution is 2.34. The molecule has 2 unspecified atom stereocenters. The topological polar surface area (TPSA) is 72.4 Å². The SMILES string of the molecule is Cc1cccc(N2CCCC(C(C)N)C2)c1[N+](=O)[O-]. The molecule has 2 rings (SSSR count). The third kappa shape index (κ3) is 2.87. The van der Waals surface area contributed by atoms with E-state index in [-0.39, 0.29) is 16.7 Å². The molecule has 5 nitrogen and oxygen atoms in total. The highest BCUT2D eigenvalue weighted by molar-refractivity contribution is 5.66. The van der Waals surface area contributed by atoms with Gasteiger partial charge in [-0.1, -0.05) is 12.1 Å². The van der Waals surface area contributed by atoms with Gasteiger partial charge in [0, 0.05) is 24.7 Å². The van der Waals surface area contributed by atoms with Crippen LogP contribution in [0.4, 0.5) is 11.4 Å². The van der Waals surface area contributed by atoms with Crippen molar-refractivity contribution < 1.29 is 4.92 Å². The molecule has 2 N–H and O–H groups in total. The maximum atomic E-state index is 11.3. The summed E-state index contributed by atoms with van der Waals surface area (Å²) in [5.74, 6) is 0.411. The minimum Gasteiger partial charge on any atom is -0.366 e. The molecule has 104 valence electrons. The van der Waals surface area contributed by atoms with Crippen LogP contribution < -0.4 is 10.6 Å². The molecule has 1 aliphatic heterocycles. The molecule has 0 radical (unpaired) electrons. The van der Waals surface area contributed by atoms with Crippen molar-refractivity contribution >= 4 is 11.4 Å². The first-order chi connectivity index (χ1) is 9.00. The van der Waals surface area contributed by atoms with E-state index < -0.39 is 0 Å². The molecule has 1 saturated heterocycles. The maximum absolute atomic E-state index is 11.3. The molecule has 19 heavy (non-hydrogen) atoms. The van der Waals surface area contributed by atoms with E-state index in [1.54, 1.807) is 13.0 Å². The Balaban J connectivity index is 2.31. The summed E-state index contributed by atoms with van der Waals surface area (Å²) in [5, 5.41) is 11.3. The van der Waals surface area contributed by atoms with Crippen molar-refractivity contribution in [3.8, 4) is 0 Å². The average Bonchev–Trinajstić information content (AvgIpc) is 2.38. The van der Waals surface area contributed by atoms with Crippen molar-refractivity contribution in [2.75, 3.05) is 18.0 Å². The summed E-state index contributed by atoms with van der Waals surface area (Å²) in [6.07, 6.45) is 2.14. The fourth-order valence-electron chi connectivity index (χ4n) is 2.79. The second-order valence-corrected chi connectivity index (χ2v) is 5.41. The summed E-state index contributed by atoms with van der Waals surface area (Å²) < 4.78 is 0. The minimum absolute atomic E-state index is 0.131. The number of nitro benzene ring substituents is 1. The van der Waals surface area contributed by atoms with E-state index in [1.807, 2.05) is 19.1 Å². The summed E-state index contributed by atoms with van der Waals surface area (Å²) in [5.41, 5.74) is 7.65. The molecule has 0 saturated carbocycles. The predicted octanol–water partition coefficient (Wildman–Crippen LogP) is 2.47. The van der Waals surface area contributed by atoms with Crippen LogP contribution in [0, 0.1) is 23.0 Å². The van der Waals surface area contributed by atoms with Crippen LogP contribution in [0.25, 0.3) is 0 Å². The molecule has 5 heteroatoms. The first kappa shape index (κ1) is 13.8. The number of anilines is 1. The highest BCUT2D eigenvalue weighted by atomic mass is 16.6. The Hall–Kier alpha value is -1.62. The molecule has 0 spiro atoms. The van der Waals surface area contributed by atoms with Gasteiger partial charge in [-0.15, -0.1) is 0 Å². The lowest BCUT2D eigenvalue weighted by Gasteiger charge is -2.35. The summed E-state index contributed by atoms with van der Waals surface area (Å²) in [7, 11) is 0. The van der Waals surface area contributed by atoms with Crippen LogP contribution in [0.15, 0.2) is 18.2 Å². The molecular formula is C14H21N3O2. The summed E-state index contributed by atoms with van der Waals surface area (Å²) in [4.78, 5) is 13.1. The zero-order valence-electron chi connectivity index (χ0n) is 11.5. The molecule has 0 bridgehead atoms. The molecule has 0 aliphatic carbocycles. The van der Waals surface area contributed by atoms with Crippen molar-refractivity contribution in [3.63, 3.8) is 0 Å². The van der Waals surface area contributed by atoms with E-state index in [4.69, 9.17) is 5.73 Å². The van der Waals surface area contributed by atoms with Crippen LogP contribution >= 0.6 is 0 Å². The number of piperidine rings is 1. The maximum Gasteiger partial charge on any atom is 0.295 e. The van der Waals surface area contributed by atoms with Crippen LogP contribution in [0.2, 0.25) is 0 Å². The number of nitrogens with two attached hydrogens (primary N) is 1. The van der Waals surface area contributed by atoms with E-state index in [9.17, 15) is 10.1 Å². The quantitative estimate of drug-likeness (QED) is 0.671. The monoisotopic (exact) mass is 263 g/mol. The lowest BCUT2D eigenvalue weighted by molar-refractivity contribution is -0.384. The van der Waals surface area contributed by atoms with Crippen molar-refractivity contribution in [1.82, 2.24) is 0 Å². The Labute approximate surface area is 113 Å². The normalized spacial score (nSPS) is 21.2. The number of hydrogen-bond acceptors (Lipinski definition) is 4. The van der Waals surface area contributed by atoms with Crippen molar-refractivity contribution in [2.24, 2.45) is 11.7 Å². The Morgan fingerprint density at radius 2 is 2.26 bits per heavy atom. The van der Waals surface area contributed by atoms with Gasteiger partial charge in [0.05, 0.1) is 4.92 Å². The first-order valence-electron chi connectivity index (χ1n) is 6.75. The van der Waals surface area contributed by atoms with E-state index in [2.05, 4.69) is 4.90 Å². The Morgan fingerprint density at radius 3 is 2.89 bits per heavy atom. The molecular weight excluding hydrogens is 242 g/mol. The number of para-hydroxylation sites is 1. The number of benzene rings is 1. The fourth-order valence-corrected chi connectivity index (χ4v) is 2.79. The van der Waals surface area contributed by atoms with Gasteiger partial charge in [0.1, 0.15) is 5.69 Å². The van der Waals surface area contributed by atoms with Gasteiger partial charge >= 0.3 is 0 Å². The minimum atomic E-state index is -0.278. The van der Waals surface area contributed by atoms with Crippen LogP contribution in [0.1, 0.15) is 25.3 Å². The van der Waals surface area contributed by atoms with Crippen LogP contribution in [0.3, 0.4) is 0 Å². The molecule has 1 aliphatic rings. The Morgan fingerprint density at radius 1 is 1.53 bits per heavy atom. The Kier molecular flexibility index (Phi) is 4.04. The van der Waals surface area contributed by atoms with Crippen molar-refractivity contribution in [2.45, 2.75) is 32.7 Å². The predicted molar refractivity (Wildman–Crippen MR) is 76.4 cm³/mol. The number of rotatable bonds is 3. The standard InChI is InChI=1S/C14H21N3O2/c1-10-5-3-7-13(14(10)17(18)19)16-8-4-6-12(9-16)11(2)15/h3,5,7,11-12H,4,6,8-9,15H2,1-2H3. The van der Waals surface area contributed by atoms with Crippen molar-refractivity contribution in [1.29, 1.82) is 0 Å². The average molecular weight is 263 g/mol.